The fourth-order valence-electron chi connectivity index (χ4n) is 3.28. The minimum atomic E-state index is -3.73. The molecule has 2 atom stereocenters. The second-order valence-corrected chi connectivity index (χ2v) is 10.9. The summed E-state index contributed by atoms with van der Waals surface area (Å²) in [6, 6.07) is 15.6. The lowest BCUT2D eigenvalue weighted by atomic mass is 10.1. The summed E-state index contributed by atoms with van der Waals surface area (Å²) in [4.78, 5) is 27.7. The van der Waals surface area contributed by atoms with Gasteiger partial charge in [-0.1, -0.05) is 59.3 Å². The van der Waals surface area contributed by atoms with Gasteiger partial charge in [0.1, 0.15) is 12.6 Å². The lowest BCUT2D eigenvalue weighted by Gasteiger charge is -2.32. The third-order valence-corrected chi connectivity index (χ3v) is 7.06. The topological polar surface area (TPSA) is 86.8 Å². The average molecular weight is 539 g/mol. The number of amides is 2. The van der Waals surface area contributed by atoms with Crippen LogP contribution in [0.5, 0.6) is 0 Å². The Labute approximate surface area is 205 Å². The van der Waals surface area contributed by atoms with Gasteiger partial charge in [-0.25, -0.2) is 8.42 Å². The zero-order valence-corrected chi connectivity index (χ0v) is 21.9. The number of rotatable bonds is 11. The van der Waals surface area contributed by atoms with E-state index < -0.39 is 28.5 Å². The van der Waals surface area contributed by atoms with Gasteiger partial charge in [0.2, 0.25) is 21.8 Å². The Kier molecular flexibility index (Phi) is 9.91. The number of hydrogen-bond donors (Lipinski definition) is 1. The number of sulfonamides is 1. The second kappa shape index (κ2) is 12.2. The highest BCUT2D eigenvalue weighted by Gasteiger charge is 2.30. The predicted octanol–water partition coefficient (Wildman–Crippen LogP) is 3.59. The van der Waals surface area contributed by atoms with Crippen molar-refractivity contribution in [3.05, 3.63) is 64.6 Å². The number of carbonyl (C=O) groups is 2. The van der Waals surface area contributed by atoms with Crippen LogP contribution in [0.1, 0.15) is 32.8 Å². The molecule has 0 fully saturated rings. The summed E-state index contributed by atoms with van der Waals surface area (Å²) in [6.45, 7) is 5.43. The van der Waals surface area contributed by atoms with Crippen molar-refractivity contribution < 1.29 is 18.0 Å². The van der Waals surface area contributed by atoms with Crippen molar-refractivity contribution in [1.29, 1.82) is 0 Å². The first-order valence-electron chi connectivity index (χ1n) is 10.9. The molecule has 9 heteroatoms. The zero-order chi connectivity index (χ0) is 24.6. The minimum Gasteiger partial charge on any atom is -0.352 e. The Balaban J connectivity index is 2.30. The molecule has 7 nitrogen and oxygen atoms in total. The van der Waals surface area contributed by atoms with Crippen LogP contribution in [0, 0.1) is 0 Å². The van der Waals surface area contributed by atoms with E-state index in [1.165, 1.54) is 4.90 Å². The highest BCUT2D eigenvalue weighted by atomic mass is 79.9. The van der Waals surface area contributed by atoms with Crippen molar-refractivity contribution in [2.24, 2.45) is 0 Å². The smallest absolute Gasteiger partial charge is 0.244 e. The SMILES string of the molecule is CC[C@H](C)NC(=O)[C@@H](C)N(CCc1ccccc1)C(=O)CN(c1cccc(Br)c1)S(C)(=O)=O. The van der Waals surface area contributed by atoms with E-state index >= 15 is 0 Å². The lowest BCUT2D eigenvalue weighted by molar-refractivity contribution is -0.139. The Morgan fingerprint density at radius 2 is 1.73 bits per heavy atom. The van der Waals surface area contributed by atoms with Crippen LogP contribution >= 0.6 is 15.9 Å². The first kappa shape index (κ1) is 26.9. The van der Waals surface area contributed by atoms with Gasteiger partial charge in [0, 0.05) is 17.1 Å². The molecule has 0 saturated carbocycles. The van der Waals surface area contributed by atoms with E-state index in [9.17, 15) is 18.0 Å². The van der Waals surface area contributed by atoms with Gasteiger partial charge in [-0.3, -0.25) is 13.9 Å². The number of hydrogen-bond acceptors (Lipinski definition) is 4. The maximum absolute atomic E-state index is 13.4. The molecule has 0 spiro atoms. The normalized spacial score (nSPS) is 13.1. The molecule has 33 heavy (non-hydrogen) atoms. The fourth-order valence-corrected chi connectivity index (χ4v) is 4.51. The van der Waals surface area contributed by atoms with E-state index in [0.717, 1.165) is 22.5 Å². The van der Waals surface area contributed by atoms with Gasteiger partial charge in [-0.15, -0.1) is 0 Å². The first-order chi connectivity index (χ1) is 15.5. The summed E-state index contributed by atoms with van der Waals surface area (Å²) in [6.07, 6.45) is 2.37. The first-order valence-corrected chi connectivity index (χ1v) is 13.5. The molecule has 0 heterocycles. The van der Waals surface area contributed by atoms with Gasteiger partial charge in [-0.05, 0) is 50.5 Å². The molecular formula is C24H32BrN3O4S. The third kappa shape index (κ3) is 8.16. The molecule has 0 aliphatic carbocycles. The van der Waals surface area contributed by atoms with Gasteiger partial charge in [0.05, 0.1) is 11.9 Å². The summed E-state index contributed by atoms with van der Waals surface area (Å²) in [5, 5.41) is 2.91. The standard InChI is InChI=1S/C24H32BrN3O4S/c1-5-18(2)26-24(30)19(3)27(15-14-20-10-7-6-8-11-20)23(29)17-28(33(4,31)32)22-13-9-12-21(25)16-22/h6-13,16,18-19H,5,14-15,17H2,1-4H3,(H,26,30)/t18-,19+/m0/s1. The Bertz CT molecular complexity index is 1050. The van der Waals surface area contributed by atoms with E-state index in [1.54, 1.807) is 31.2 Å². The average Bonchev–Trinajstić information content (AvgIpc) is 2.77. The van der Waals surface area contributed by atoms with Crippen molar-refractivity contribution >= 4 is 43.5 Å². The number of benzene rings is 2. The van der Waals surface area contributed by atoms with Crippen molar-refractivity contribution in [2.45, 2.75) is 45.7 Å². The number of nitrogens with one attached hydrogen (secondary N) is 1. The van der Waals surface area contributed by atoms with E-state index in [2.05, 4.69) is 21.2 Å². The largest absolute Gasteiger partial charge is 0.352 e. The van der Waals surface area contributed by atoms with E-state index in [1.807, 2.05) is 44.2 Å². The molecule has 0 radical (unpaired) electrons. The van der Waals surface area contributed by atoms with Gasteiger partial charge in [0.25, 0.3) is 0 Å². The molecule has 1 N–H and O–H groups in total. The van der Waals surface area contributed by atoms with Crippen LogP contribution in [0.3, 0.4) is 0 Å². The summed E-state index contributed by atoms with van der Waals surface area (Å²) < 4.78 is 26.8. The molecule has 0 unspecified atom stereocenters. The minimum absolute atomic E-state index is 0.0276. The molecule has 2 aromatic rings. The fraction of sp³-hybridized carbons (Fsp3) is 0.417. The summed E-state index contributed by atoms with van der Waals surface area (Å²) in [5.41, 5.74) is 1.40. The predicted molar refractivity (Wildman–Crippen MR) is 136 cm³/mol. The number of nitrogens with zero attached hydrogens (tertiary/aromatic N) is 2. The molecule has 2 amide bonds. The van der Waals surface area contributed by atoms with Crippen molar-refractivity contribution in [3.8, 4) is 0 Å². The maximum Gasteiger partial charge on any atom is 0.244 e. The Morgan fingerprint density at radius 3 is 2.30 bits per heavy atom. The van der Waals surface area contributed by atoms with E-state index in [4.69, 9.17) is 0 Å². The number of halogens is 1. The van der Waals surface area contributed by atoms with Crippen LogP contribution in [-0.2, 0) is 26.0 Å². The lowest BCUT2D eigenvalue weighted by Crippen LogP contribution is -2.53. The summed E-state index contributed by atoms with van der Waals surface area (Å²) in [7, 11) is -3.73. The highest BCUT2D eigenvalue weighted by Crippen LogP contribution is 2.22. The van der Waals surface area contributed by atoms with Crippen LogP contribution in [0.15, 0.2) is 59.1 Å². The quantitative estimate of drug-likeness (QED) is 0.474. The highest BCUT2D eigenvalue weighted by molar-refractivity contribution is 9.10. The van der Waals surface area contributed by atoms with Crippen LogP contribution < -0.4 is 9.62 Å². The molecule has 0 bridgehead atoms. The van der Waals surface area contributed by atoms with Crippen LogP contribution in [0.25, 0.3) is 0 Å². The molecule has 0 aromatic heterocycles. The van der Waals surface area contributed by atoms with Gasteiger partial charge in [0.15, 0.2) is 0 Å². The molecule has 2 aromatic carbocycles. The van der Waals surface area contributed by atoms with Crippen molar-refractivity contribution in [1.82, 2.24) is 10.2 Å². The maximum atomic E-state index is 13.4. The zero-order valence-electron chi connectivity index (χ0n) is 19.5. The van der Waals surface area contributed by atoms with Crippen LogP contribution in [0.2, 0.25) is 0 Å². The third-order valence-electron chi connectivity index (χ3n) is 5.43. The molecular weight excluding hydrogens is 506 g/mol. The van der Waals surface area contributed by atoms with Crippen LogP contribution in [-0.4, -0.2) is 56.6 Å². The summed E-state index contributed by atoms with van der Waals surface area (Å²) >= 11 is 3.35. The van der Waals surface area contributed by atoms with Gasteiger partial charge in [-0.2, -0.15) is 0 Å². The van der Waals surface area contributed by atoms with Crippen molar-refractivity contribution in [2.75, 3.05) is 23.7 Å². The van der Waals surface area contributed by atoms with E-state index in [-0.39, 0.29) is 18.5 Å². The Morgan fingerprint density at radius 1 is 1.06 bits per heavy atom. The second-order valence-electron chi connectivity index (χ2n) is 8.07. The monoisotopic (exact) mass is 537 g/mol. The molecule has 0 aliphatic heterocycles. The van der Waals surface area contributed by atoms with Gasteiger partial charge >= 0.3 is 0 Å². The number of anilines is 1. The molecule has 0 saturated heterocycles. The summed E-state index contributed by atoms with van der Waals surface area (Å²) in [5.74, 6) is -0.706. The number of carbonyl (C=O) groups excluding carboxylic acids is 2. The Hall–Kier alpha value is -2.39. The molecule has 0 aliphatic rings. The molecule has 180 valence electrons. The van der Waals surface area contributed by atoms with Crippen LogP contribution in [0.4, 0.5) is 5.69 Å². The van der Waals surface area contributed by atoms with E-state index in [0.29, 0.717) is 16.6 Å². The van der Waals surface area contributed by atoms with Crippen molar-refractivity contribution in [3.63, 3.8) is 0 Å². The van der Waals surface area contributed by atoms with Gasteiger partial charge < -0.3 is 10.2 Å². The molecule has 2 rings (SSSR count).